The summed E-state index contributed by atoms with van der Waals surface area (Å²) in [5.41, 5.74) is 1.54. The number of methoxy groups -OCH3 is 1. The molecule has 9 nitrogen and oxygen atoms in total. The molecule has 0 spiro atoms. The first-order valence-electron chi connectivity index (χ1n) is 9.97. The van der Waals surface area contributed by atoms with Crippen molar-refractivity contribution in [1.29, 1.82) is 0 Å². The molecule has 3 N–H and O–H groups in total. The molecule has 4 aromatic rings. The van der Waals surface area contributed by atoms with Gasteiger partial charge in [-0.3, -0.25) is 0 Å². The van der Waals surface area contributed by atoms with Gasteiger partial charge in [0.05, 0.1) is 12.7 Å². The van der Waals surface area contributed by atoms with E-state index < -0.39 is 5.60 Å². The molecule has 160 valence electrons. The summed E-state index contributed by atoms with van der Waals surface area (Å²) >= 11 is 0. The second-order valence-electron chi connectivity index (χ2n) is 7.73. The van der Waals surface area contributed by atoms with E-state index in [0.717, 1.165) is 11.2 Å². The van der Waals surface area contributed by atoms with Gasteiger partial charge in [0.25, 0.3) is 0 Å². The number of fused-ring (bicyclic) bond motifs is 1. The first-order valence-corrected chi connectivity index (χ1v) is 9.97. The van der Waals surface area contributed by atoms with E-state index in [1.54, 1.807) is 37.7 Å². The molecular formula is C22H25N7O2. The van der Waals surface area contributed by atoms with Crippen molar-refractivity contribution in [2.45, 2.75) is 25.9 Å². The van der Waals surface area contributed by atoms with Crippen LogP contribution in [0.25, 0.3) is 17.0 Å². The quantitative estimate of drug-likeness (QED) is 0.398. The smallest absolute Gasteiger partial charge is 0.213 e. The van der Waals surface area contributed by atoms with Crippen LogP contribution in [0.15, 0.2) is 54.9 Å². The summed E-state index contributed by atoms with van der Waals surface area (Å²) in [4.78, 5) is 13.5. The lowest BCUT2D eigenvalue weighted by Gasteiger charge is -2.17. The van der Waals surface area contributed by atoms with Crippen LogP contribution in [0.5, 0.6) is 5.88 Å². The Bertz CT molecular complexity index is 1180. The fourth-order valence-corrected chi connectivity index (χ4v) is 3.03. The third-order valence-corrected chi connectivity index (χ3v) is 4.62. The highest BCUT2D eigenvalue weighted by atomic mass is 16.5. The molecule has 0 unspecified atom stereocenters. The Labute approximate surface area is 180 Å². The van der Waals surface area contributed by atoms with Gasteiger partial charge in [0.1, 0.15) is 17.0 Å². The van der Waals surface area contributed by atoms with Crippen LogP contribution in [-0.4, -0.2) is 48.9 Å². The van der Waals surface area contributed by atoms with E-state index in [1.165, 1.54) is 0 Å². The van der Waals surface area contributed by atoms with Gasteiger partial charge in [0.15, 0.2) is 5.82 Å². The van der Waals surface area contributed by atoms with Crippen LogP contribution in [0.4, 0.5) is 17.3 Å². The summed E-state index contributed by atoms with van der Waals surface area (Å²) in [5.74, 6) is 2.33. The van der Waals surface area contributed by atoms with Crippen LogP contribution >= 0.6 is 0 Å². The monoisotopic (exact) mass is 419 g/mol. The number of nitrogens with one attached hydrogen (secondary N) is 2. The summed E-state index contributed by atoms with van der Waals surface area (Å²) in [6, 6.07) is 13.1. The highest BCUT2D eigenvalue weighted by Crippen LogP contribution is 2.25. The molecule has 0 saturated heterocycles. The zero-order valence-corrected chi connectivity index (χ0v) is 17.7. The van der Waals surface area contributed by atoms with Crippen LogP contribution in [0.1, 0.15) is 20.3 Å². The molecule has 0 saturated carbocycles. The van der Waals surface area contributed by atoms with Crippen LogP contribution in [0.3, 0.4) is 0 Å². The molecule has 4 rings (SSSR count). The summed E-state index contributed by atoms with van der Waals surface area (Å²) in [7, 11) is 1.58. The van der Waals surface area contributed by atoms with Crippen molar-refractivity contribution in [1.82, 2.24) is 24.6 Å². The molecule has 0 bridgehead atoms. The molecule has 9 heteroatoms. The first-order chi connectivity index (χ1) is 14.9. The van der Waals surface area contributed by atoms with E-state index in [0.29, 0.717) is 42.0 Å². The average molecular weight is 419 g/mol. The Morgan fingerprint density at radius 3 is 2.81 bits per heavy atom. The molecule has 31 heavy (non-hydrogen) atoms. The van der Waals surface area contributed by atoms with E-state index in [2.05, 4.69) is 25.7 Å². The third-order valence-electron chi connectivity index (χ3n) is 4.62. The lowest BCUT2D eigenvalue weighted by Crippen LogP contribution is -2.22. The van der Waals surface area contributed by atoms with Crippen molar-refractivity contribution >= 4 is 22.8 Å². The van der Waals surface area contributed by atoms with Gasteiger partial charge in [-0.05, 0) is 44.5 Å². The van der Waals surface area contributed by atoms with Crippen LogP contribution in [-0.2, 0) is 0 Å². The maximum absolute atomic E-state index is 9.88. The van der Waals surface area contributed by atoms with E-state index in [9.17, 15) is 5.11 Å². The lowest BCUT2D eigenvalue weighted by molar-refractivity contribution is 0.0748. The van der Waals surface area contributed by atoms with Gasteiger partial charge >= 0.3 is 0 Å². The predicted octanol–water partition coefficient (Wildman–Crippen LogP) is 3.51. The van der Waals surface area contributed by atoms with Gasteiger partial charge in [-0.2, -0.15) is 0 Å². The number of ether oxygens (including phenoxy) is 1. The standard InChI is InChI=1S/C22H25N7O2/c1-22(2,30)10-12-24-18-14-15(9-11-23-18)25-21-17-7-5-13-29(17)28-20(27-21)16-6-4-8-19(26-16)31-3/h4-9,11,13-14,30H,10,12H2,1-3H3,(H2,23,24,25,27,28). The fraction of sp³-hybridized carbons (Fsp3) is 0.273. The number of anilines is 3. The number of pyridine rings is 2. The minimum atomic E-state index is -0.727. The molecule has 0 amide bonds. The lowest BCUT2D eigenvalue weighted by atomic mass is 10.1. The van der Waals surface area contributed by atoms with E-state index in [-0.39, 0.29) is 0 Å². The Kier molecular flexibility index (Phi) is 5.68. The minimum absolute atomic E-state index is 0.475. The van der Waals surface area contributed by atoms with Gasteiger partial charge in [-0.15, -0.1) is 5.10 Å². The van der Waals surface area contributed by atoms with Gasteiger partial charge in [-0.1, -0.05) is 6.07 Å². The number of aliphatic hydroxyl groups is 1. The van der Waals surface area contributed by atoms with Gasteiger partial charge in [-0.25, -0.2) is 19.5 Å². The molecule has 4 aromatic heterocycles. The summed E-state index contributed by atoms with van der Waals surface area (Å²) in [6.07, 6.45) is 4.19. The second-order valence-corrected chi connectivity index (χ2v) is 7.73. The Morgan fingerprint density at radius 1 is 1.13 bits per heavy atom. The highest BCUT2D eigenvalue weighted by Gasteiger charge is 2.13. The fourth-order valence-electron chi connectivity index (χ4n) is 3.03. The largest absolute Gasteiger partial charge is 0.481 e. The van der Waals surface area contributed by atoms with Crippen molar-refractivity contribution in [2.75, 3.05) is 24.3 Å². The van der Waals surface area contributed by atoms with E-state index in [1.807, 2.05) is 42.6 Å². The number of hydrogen-bond donors (Lipinski definition) is 3. The van der Waals surface area contributed by atoms with Gasteiger partial charge in [0.2, 0.25) is 11.7 Å². The number of nitrogens with zero attached hydrogens (tertiary/aromatic N) is 5. The SMILES string of the molecule is COc1cccc(-c2nc(Nc3ccnc(NCCC(C)(C)O)c3)c3cccn3n2)n1. The molecule has 0 radical (unpaired) electrons. The van der Waals surface area contributed by atoms with Gasteiger partial charge < -0.3 is 20.5 Å². The molecule has 0 atom stereocenters. The van der Waals surface area contributed by atoms with Crippen molar-refractivity contribution in [3.8, 4) is 17.4 Å². The Hall–Kier alpha value is -3.72. The van der Waals surface area contributed by atoms with E-state index in [4.69, 9.17) is 9.72 Å². The summed E-state index contributed by atoms with van der Waals surface area (Å²) < 4.78 is 6.98. The minimum Gasteiger partial charge on any atom is -0.481 e. The average Bonchev–Trinajstić information content (AvgIpc) is 3.22. The highest BCUT2D eigenvalue weighted by molar-refractivity contribution is 5.75. The summed E-state index contributed by atoms with van der Waals surface area (Å²) in [5, 5.41) is 21.0. The molecule has 0 aliphatic heterocycles. The number of hydrogen-bond acceptors (Lipinski definition) is 8. The Balaban J connectivity index is 1.61. The molecule has 0 aliphatic rings. The van der Waals surface area contributed by atoms with Crippen LogP contribution < -0.4 is 15.4 Å². The van der Waals surface area contributed by atoms with Crippen molar-refractivity contribution in [3.05, 3.63) is 54.9 Å². The van der Waals surface area contributed by atoms with Crippen molar-refractivity contribution < 1.29 is 9.84 Å². The Morgan fingerprint density at radius 2 is 2.00 bits per heavy atom. The second kappa shape index (κ2) is 8.57. The maximum Gasteiger partial charge on any atom is 0.213 e. The number of aromatic nitrogens is 5. The zero-order valence-electron chi connectivity index (χ0n) is 17.7. The zero-order chi connectivity index (χ0) is 21.8. The van der Waals surface area contributed by atoms with Crippen molar-refractivity contribution in [3.63, 3.8) is 0 Å². The van der Waals surface area contributed by atoms with Crippen molar-refractivity contribution in [2.24, 2.45) is 0 Å². The first kappa shape index (κ1) is 20.5. The molecular weight excluding hydrogens is 394 g/mol. The van der Waals surface area contributed by atoms with Gasteiger partial charge in [0, 0.05) is 36.8 Å². The van der Waals surface area contributed by atoms with E-state index >= 15 is 0 Å². The third kappa shape index (κ3) is 5.07. The predicted molar refractivity (Wildman–Crippen MR) is 120 cm³/mol. The number of rotatable bonds is 8. The molecule has 0 aliphatic carbocycles. The summed E-state index contributed by atoms with van der Waals surface area (Å²) in [6.45, 7) is 4.18. The maximum atomic E-state index is 9.88. The topological polar surface area (TPSA) is 109 Å². The van der Waals surface area contributed by atoms with Crippen LogP contribution in [0, 0.1) is 0 Å². The molecule has 0 aromatic carbocycles. The molecule has 0 fully saturated rings. The molecule has 4 heterocycles. The normalized spacial score (nSPS) is 11.5. The van der Waals surface area contributed by atoms with Crippen LogP contribution in [0.2, 0.25) is 0 Å².